The van der Waals surface area contributed by atoms with Gasteiger partial charge in [-0.25, -0.2) is 9.13 Å². The average Bonchev–Trinajstić information content (AvgIpc) is 3.37. The van der Waals surface area contributed by atoms with Gasteiger partial charge in [0.05, 0.1) is 26.4 Å². The van der Waals surface area contributed by atoms with Crippen LogP contribution in [0.15, 0.2) is 0 Å². The molecular formula is C55H106O17P2. The fraction of sp³-hybridized carbons (Fsp3) is 0.927. The Labute approximate surface area is 447 Å². The zero-order valence-electron chi connectivity index (χ0n) is 47.0. The number of phosphoric acid groups is 2. The first-order valence-electron chi connectivity index (χ1n) is 29.2. The van der Waals surface area contributed by atoms with E-state index in [1.54, 1.807) is 0 Å². The van der Waals surface area contributed by atoms with Gasteiger partial charge in [-0.15, -0.1) is 0 Å². The number of ether oxygens (including phenoxy) is 4. The molecule has 0 aliphatic heterocycles. The maximum Gasteiger partial charge on any atom is 0.472 e. The highest BCUT2D eigenvalue weighted by Crippen LogP contribution is 2.45. The third kappa shape index (κ3) is 48.4. The monoisotopic (exact) mass is 1100 g/mol. The number of aliphatic hydroxyl groups excluding tert-OH is 1. The molecule has 0 aromatic rings. The molecule has 0 spiro atoms. The van der Waals surface area contributed by atoms with Crippen molar-refractivity contribution in [3.8, 4) is 0 Å². The van der Waals surface area contributed by atoms with Crippen molar-refractivity contribution in [1.82, 2.24) is 0 Å². The molecule has 74 heavy (non-hydrogen) atoms. The van der Waals surface area contributed by atoms with Crippen molar-refractivity contribution in [2.75, 3.05) is 39.6 Å². The predicted octanol–water partition coefficient (Wildman–Crippen LogP) is 14.3. The van der Waals surface area contributed by atoms with Gasteiger partial charge in [0.1, 0.15) is 19.3 Å². The fourth-order valence-electron chi connectivity index (χ4n) is 7.96. The minimum absolute atomic E-state index is 0.103. The minimum atomic E-state index is -4.93. The van der Waals surface area contributed by atoms with Crippen LogP contribution in [0.3, 0.4) is 0 Å². The standard InChI is InChI=1S/C55H106O17P2/c1-6-10-13-16-19-20-21-24-29-34-39-53(58)66-45-51(72-55(60)41-36-31-26-25-27-32-37-48(5)9-4)47-70-74(63,64)68-43-49(56)42-67-73(61,62)69-46-50(71-54(59)40-35-30-23-18-15-12-8-3)44-65-52(57)38-33-28-22-17-14-11-7-2/h48-51,56H,6-47H2,1-5H3,(H,61,62)(H,63,64)/t48?,49-,50+,51+/m0/s1. The number of carbonyl (C=O) groups is 4. The van der Waals surface area contributed by atoms with Gasteiger partial charge in [0, 0.05) is 25.7 Å². The molecule has 438 valence electrons. The topological polar surface area (TPSA) is 237 Å². The molecule has 0 aliphatic carbocycles. The summed E-state index contributed by atoms with van der Waals surface area (Å²) in [5, 5.41) is 10.5. The first kappa shape index (κ1) is 72.1. The van der Waals surface area contributed by atoms with Gasteiger partial charge in [-0.2, -0.15) is 0 Å². The number of hydrogen-bond acceptors (Lipinski definition) is 15. The first-order valence-corrected chi connectivity index (χ1v) is 32.2. The molecule has 0 aliphatic rings. The van der Waals surface area contributed by atoms with Gasteiger partial charge in [0.25, 0.3) is 0 Å². The molecule has 0 saturated carbocycles. The van der Waals surface area contributed by atoms with Gasteiger partial charge in [0.2, 0.25) is 0 Å². The molecule has 3 N–H and O–H groups in total. The van der Waals surface area contributed by atoms with E-state index in [-0.39, 0.29) is 25.7 Å². The van der Waals surface area contributed by atoms with E-state index in [0.717, 1.165) is 121 Å². The SMILES string of the molecule is CCCCCCCCCCCCC(=O)OC[C@H](COP(=O)(O)OC[C@@H](O)COP(=O)(O)OC[C@@H](COC(=O)CCCCCCCCC)OC(=O)CCCCCCCCC)OC(=O)CCCCCCCCC(C)CC. The van der Waals surface area contributed by atoms with Crippen LogP contribution in [-0.4, -0.2) is 96.7 Å². The van der Waals surface area contributed by atoms with Gasteiger partial charge >= 0.3 is 39.5 Å². The summed E-state index contributed by atoms with van der Waals surface area (Å²) < 4.78 is 67.4. The summed E-state index contributed by atoms with van der Waals surface area (Å²) in [5.74, 6) is -1.44. The van der Waals surface area contributed by atoms with E-state index in [9.17, 15) is 43.2 Å². The number of hydrogen-bond donors (Lipinski definition) is 3. The van der Waals surface area contributed by atoms with Crippen LogP contribution < -0.4 is 0 Å². The third-order valence-electron chi connectivity index (χ3n) is 12.9. The van der Waals surface area contributed by atoms with E-state index < -0.39 is 97.5 Å². The number of unbranched alkanes of at least 4 members (excludes halogenated alkanes) is 26. The number of carbonyl (C=O) groups excluding carboxylic acids is 4. The lowest BCUT2D eigenvalue weighted by Gasteiger charge is -2.21. The number of aliphatic hydroxyl groups is 1. The molecule has 6 atom stereocenters. The smallest absolute Gasteiger partial charge is 0.462 e. The molecule has 0 aromatic carbocycles. The number of rotatable bonds is 55. The molecular weight excluding hydrogens is 995 g/mol. The van der Waals surface area contributed by atoms with E-state index in [1.165, 1.54) is 64.2 Å². The van der Waals surface area contributed by atoms with E-state index in [2.05, 4.69) is 34.6 Å². The Balaban J connectivity index is 5.20. The Hall–Kier alpha value is -1.94. The molecule has 0 bridgehead atoms. The normalized spacial score (nSPS) is 14.9. The lowest BCUT2D eigenvalue weighted by molar-refractivity contribution is -0.161. The first-order chi connectivity index (χ1) is 35.6. The summed E-state index contributed by atoms with van der Waals surface area (Å²) in [6, 6.07) is 0. The highest BCUT2D eigenvalue weighted by molar-refractivity contribution is 7.47. The maximum absolute atomic E-state index is 12.9. The molecule has 0 aromatic heterocycles. The summed E-state index contributed by atoms with van der Waals surface area (Å²) in [6.45, 7) is 6.98. The lowest BCUT2D eigenvalue weighted by Crippen LogP contribution is -2.30. The summed E-state index contributed by atoms with van der Waals surface area (Å²) in [5.41, 5.74) is 0. The van der Waals surface area contributed by atoms with Crippen LogP contribution in [0.5, 0.6) is 0 Å². The highest BCUT2D eigenvalue weighted by atomic mass is 31.2. The molecule has 3 unspecified atom stereocenters. The van der Waals surface area contributed by atoms with Crippen molar-refractivity contribution < 1.29 is 80.2 Å². The Morgan fingerprint density at radius 3 is 0.959 bits per heavy atom. The van der Waals surface area contributed by atoms with Crippen molar-refractivity contribution >= 4 is 39.5 Å². The fourth-order valence-corrected chi connectivity index (χ4v) is 9.54. The second kappa shape index (κ2) is 49.4. The van der Waals surface area contributed by atoms with Crippen molar-refractivity contribution in [3.63, 3.8) is 0 Å². The summed E-state index contributed by atoms with van der Waals surface area (Å²) >= 11 is 0. The van der Waals surface area contributed by atoms with Gasteiger partial charge in [-0.05, 0) is 31.6 Å². The highest BCUT2D eigenvalue weighted by Gasteiger charge is 2.30. The van der Waals surface area contributed by atoms with Crippen molar-refractivity contribution in [2.45, 2.75) is 284 Å². The van der Waals surface area contributed by atoms with E-state index in [1.807, 2.05) is 0 Å². The molecule has 19 heteroatoms. The summed E-state index contributed by atoms with van der Waals surface area (Å²) in [6.07, 6.45) is 29.6. The lowest BCUT2D eigenvalue weighted by atomic mass is 10.00. The van der Waals surface area contributed by atoms with E-state index in [4.69, 9.17) is 37.0 Å². The van der Waals surface area contributed by atoms with Gasteiger partial charge < -0.3 is 33.8 Å². The van der Waals surface area contributed by atoms with Crippen LogP contribution in [-0.2, 0) is 65.4 Å². The minimum Gasteiger partial charge on any atom is -0.462 e. The Morgan fingerprint density at radius 2 is 0.649 bits per heavy atom. The molecule has 17 nitrogen and oxygen atoms in total. The van der Waals surface area contributed by atoms with Gasteiger partial charge in [0.15, 0.2) is 12.2 Å². The van der Waals surface area contributed by atoms with Crippen molar-refractivity contribution in [3.05, 3.63) is 0 Å². The van der Waals surface area contributed by atoms with Crippen LogP contribution in [0.1, 0.15) is 266 Å². The average molecular weight is 1100 g/mol. The van der Waals surface area contributed by atoms with Gasteiger partial charge in [-0.3, -0.25) is 37.3 Å². The van der Waals surface area contributed by atoms with Crippen LogP contribution in [0.4, 0.5) is 0 Å². The van der Waals surface area contributed by atoms with E-state index >= 15 is 0 Å². The van der Waals surface area contributed by atoms with Crippen LogP contribution in [0.2, 0.25) is 0 Å². The molecule has 0 amide bonds. The third-order valence-corrected chi connectivity index (χ3v) is 14.8. The van der Waals surface area contributed by atoms with Crippen molar-refractivity contribution in [2.24, 2.45) is 5.92 Å². The maximum atomic E-state index is 12.9. The Bertz CT molecular complexity index is 1470. The molecule has 0 saturated heterocycles. The van der Waals surface area contributed by atoms with Crippen LogP contribution in [0, 0.1) is 5.92 Å². The van der Waals surface area contributed by atoms with Crippen LogP contribution >= 0.6 is 15.6 Å². The second-order valence-corrected chi connectivity index (χ2v) is 23.1. The van der Waals surface area contributed by atoms with E-state index in [0.29, 0.717) is 25.7 Å². The second-order valence-electron chi connectivity index (χ2n) is 20.2. The Kier molecular flexibility index (Phi) is 48.1. The Morgan fingerprint density at radius 1 is 0.378 bits per heavy atom. The molecule has 0 heterocycles. The number of esters is 4. The van der Waals surface area contributed by atoms with Gasteiger partial charge in [-0.1, -0.05) is 214 Å². The predicted molar refractivity (Wildman–Crippen MR) is 289 cm³/mol. The largest absolute Gasteiger partial charge is 0.472 e. The van der Waals surface area contributed by atoms with Crippen LogP contribution in [0.25, 0.3) is 0 Å². The van der Waals surface area contributed by atoms with Crippen molar-refractivity contribution in [1.29, 1.82) is 0 Å². The zero-order chi connectivity index (χ0) is 55.0. The summed E-state index contributed by atoms with van der Waals surface area (Å²) in [4.78, 5) is 71.5. The number of phosphoric ester groups is 2. The molecule has 0 fully saturated rings. The molecule has 0 radical (unpaired) electrons. The zero-order valence-corrected chi connectivity index (χ0v) is 48.7. The summed E-state index contributed by atoms with van der Waals surface area (Å²) in [7, 11) is -9.86. The quantitative estimate of drug-likeness (QED) is 0.0222. The molecule has 0 rings (SSSR count).